The highest BCUT2D eigenvalue weighted by atomic mass is 32.1. The summed E-state index contributed by atoms with van der Waals surface area (Å²) in [6.07, 6.45) is 0. The van der Waals surface area contributed by atoms with Gasteiger partial charge in [0.1, 0.15) is 5.75 Å². The Balaban J connectivity index is 1.84. The molecule has 0 aliphatic rings. The zero-order valence-corrected chi connectivity index (χ0v) is 16.5. The minimum Gasteiger partial charge on any atom is -0.496 e. The molecule has 2 aromatic heterocycles. The number of aromatic nitrogens is 2. The highest BCUT2D eigenvalue weighted by Crippen LogP contribution is 2.32. The number of carbonyl (C=O) groups is 1. The van der Waals surface area contributed by atoms with Crippen LogP contribution in [0.15, 0.2) is 35.7 Å². The molecule has 5 nitrogen and oxygen atoms in total. The van der Waals surface area contributed by atoms with Gasteiger partial charge in [0.15, 0.2) is 5.13 Å². The van der Waals surface area contributed by atoms with Crippen LogP contribution < -0.4 is 10.1 Å². The minimum atomic E-state index is -0.133. The molecule has 1 amide bonds. The number of nitrogens with zero attached hydrogens (tertiary/aromatic N) is 2. The molecular formula is C20H23N3O2S. The Labute approximate surface area is 157 Å². The Kier molecular flexibility index (Phi) is 5.13. The molecule has 3 aromatic rings. The molecule has 0 aliphatic heterocycles. The van der Waals surface area contributed by atoms with Crippen molar-refractivity contribution >= 4 is 22.4 Å². The van der Waals surface area contributed by atoms with E-state index in [9.17, 15) is 4.79 Å². The van der Waals surface area contributed by atoms with Gasteiger partial charge in [0.2, 0.25) is 0 Å². The Morgan fingerprint density at radius 2 is 2.00 bits per heavy atom. The zero-order valence-electron chi connectivity index (χ0n) is 15.7. The summed E-state index contributed by atoms with van der Waals surface area (Å²) < 4.78 is 7.55. The standard InChI is InChI=1S/C20H23N3O2S/c1-12(2)23-13(3)10-16(14(23)4)19(24)22-20-21-17(11-26-20)15-8-6-7-9-18(15)25-5/h6-12H,1-5H3,(H,21,22,24). The van der Waals surface area contributed by atoms with Crippen molar-refractivity contribution in [3.05, 3.63) is 52.7 Å². The van der Waals surface area contributed by atoms with E-state index in [4.69, 9.17) is 4.74 Å². The van der Waals surface area contributed by atoms with E-state index in [0.717, 1.165) is 28.4 Å². The van der Waals surface area contributed by atoms with Crippen LogP contribution >= 0.6 is 11.3 Å². The van der Waals surface area contributed by atoms with Crippen molar-refractivity contribution in [2.24, 2.45) is 0 Å². The van der Waals surface area contributed by atoms with Crippen LogP contribution in [0.3, 0.4) is 0 Å². The Bertz CT molecular complexity index is 940. The molecule has 0 atom stereocenters. The number of hydrogen-bond acceptors (Lipinski definition) is 4. The first kappa shape index (κ1) is 18.2. The van der Waals surface area contributed by atoms with Gasteiger partial charge in [-0.05, 0) is 45.9 Å². The molecular weight excluding hydrogens is 346 g/mol. The molecule has 0 unspecified atom stereocenters. The number of aryl methyl sites for hydroxylation is 1. The van der Waals surface area contributed by atoms with Gasteiger partial charge in [-0.15, -0.1) is 11.3 Å². The molecule has 0 radical (unpaired) electrons. The molecule has 0 saturated carbocycles. The monoisotopic (exact) mass is 369 g/mol. The number of rotatable bonds is 5. The summed E-state index contributed by atoms with van der Waals surface area (Å²) in [5.41, 5.74) is 4.43. The Hall–Kier alpha value is -2.60. The van der Waals surface area contributed by atoms with E-state index in [1.807, 2.05) is 49.6 Å². The maximum absolute atomic E-state index is 12.7. The number of anilines is 1. The van der Waals surface area contributed by atoms with Gasteiger partial charge in [0, 0.05) is 28.4 Å². The Morgan fingerprint density at radius 1 is 1.27 bits per heavy atom. The lowest BCUT2D eigenvalue weighted by Gasteiger charge is -2.13. The third kappa shape index (κ3) is 3.37. The van der Waals surface area contributed by atoms with Crippen LogP contribution in [0, 0.1) is 13.8 Å². The van der Waals surface area contributed by atoms with Crippen molar-refractivity contribution in [1.29, 1.82) is 0 Å². The fraction of sp³-hybridized carbons (Fsp3) is 0.300. The van der Waals surface area contributed by atoms with E-state index in [-0.39, 0.29) is 5.91 Å². The fourth-order valence-corrected chi connectivity index (χ4v) is 3.98. The first-order valence-electron chi connectivity index (χ1n) is 8.51. The van der Waals surface area contributed by atoms with Crippen molar-refractivity contribution in [2.45, 2.75) is 33.7 Å². The van der Waals surface area contributed by atoms with Crippen LogP contribution in [0.5, 0.6) is 5.75 Å². The number of methoxy groups -OCH3 is 1. The van der Waals surface area contributed by atoms with E-state index in [1.54, 1.807) is 7.11 Å². The first-order valence-corrected chi connectivity index (χ1v) is 9.39. The van der Waals surface area contributed by atoms with Crippen molar-refractivity contribution in [3.63, 3.8) is 0 Å². The molecule has 0 spiro atoms. The summed E-state index contributed by atoms with van der Waals surface area (Å²) in [6.45, 7) is 8.22. The number of nitrogens with one attached hydrogen (secondary N) is 1. The molecule has 1 N–H and O–H groups in total. The lowest BCUT2D eigenvalue weighted by atomic mass is 10.1. The molecule has 1 aromatic carbocycles. The zero-order chi connectivity index (χ0) is 18.8. The number of ether oxygens (including phenoxy) is 1. The summed E-state index contributed by atoms with van der Waals surface area (Å²) in [5.74, 6) is 0.627. The van der Waals surface area contributed by atoms with Crippen molar-refractivity contribution in [1.82, 2.24) is 9.55 Å². The predicted octanol–water partition coefficient (Wildman–Crippen LogP) is 5.07. The van der Waals surface area contributed by atoms with Crippen LogP contribution in [0.1, 0.15) is 41.6 Å². The number of hydrogen-bond donors (Lipinski definition) is 1. The normalized spacial score (nSPS) is 11.0. The lowest BCUT2D eigenvalue weighted by molar-refractivity contribution is 0.102. The molecule has 0 aliphatic carbocycles. The average Bonchev–Trinajstić information content (AvgIpc) is 3.18. The van der Waals surface area contributed by atoms with Gasteiger partial charge >= 0.3 is 0 Å². The van der Waals surface area contributed by atoms with Gasteiger partial charge in [-0.1, -0.05) is 12.1 Å². The predicted molar refractivity (Wildman–Crippen MR) is 106 cm³/mol. The van der Waals surface area contributed by atoms with Crippen molar-refractivity contribution in [3.8, 4) is 17.0 Å². The number of para-hydroxylation sites is 1. The topological polar surface area (TPSA) is 56.1 Å². The molecule has 0 saturated heterocycles. The number of carbonyl (C=O) groups excluding carboxylic acids is 1. The van der Waals surface area contributed by atoms with Gasteiger partial charge < -0.3 is 9.30 Å². The second-order valence-electron chi connectivity index (χ2n) is 6.44. The van der Waals surface area contributed by atoms with Crippen LogP contribution in [0.25, 0.3) is 11.3 Å². The van der Waals surface area contributed by atoms with Crippen LogP contribution in [0.4, 0.5) is 5.13 Å². The van der Waals surface area contributed by atoms with Gasteiger partial charge in [-0.3, -0.25) is 10.1 Å². The smallest absolute Gasteiger partial charge is 0.259 e. The molecule has 2 heterocycles. The van der Waals surface area contributed by atoms with Crippen LogP contribution in [-0.2, 0) is 0 Å². The molecule has 0 bridgehead atoms. The molecule has 3 rings (SSSR count). The lowest BCUT2D eigenvalue weighted by Crippen LogP contribution is -2.13. The first-order chi connectivity index (χ1) is 12.4. The third-order valence-corrected chi connectivity index (χ3v) is 5.11. The highest BCUT2D eigenvalue weighted by molar-refractivity contribution is 7.14. The summed E-state index contributed by atoms with van der Waals surface area (Å²) in [6, 6.07) is 9.95. The van der Waals surface area contributed by atoms with E-state index in [1.165, 1.54) is 11.3 Å². The van der Waals surface area contributed by atoms with Crippen molar-refractivity contribution < 1.29 is 9.53 Å². The largest absolute Gasteiger partial charge is 0.496 e. The molecule has 26 heavy (non-hydrogen) atoms. The third-order valence-electron chi connectivity index (χ3n) is 4.35. The van der Waals surface area contributed by atoms with Crippen molar-refractivity contribution in [2.75, 3.05) is 12.4 Å². The second kappa shape index (κ2) is 7.33. The quantitative estimate of drug-likeness (QED) is 0.683. The highest BCUT2D eigenvalue weighted by Gasteiger charge is 2.18. The summed E-state index contributed by atoms with van der Waals surface area (Å²) >= 11 is 1.40. The molecule has 0 fully saturated rings. The second-order valence-corrected chi connectivity index (χ2v) is 7.30. The van der Waals surface area contributed by atoms with Gasteiger partial charge in [-0.25, -0.2) is 4.98 Å². The van der Waals surface area contributed by atoms with E-state index >= 15 is 0 Å². The Morgan fingerprint density at radius 3 is 2.65 bits per heavy atom. The maximum atomic E-state index is 12.7. The van der Waals surface area contributed by atoms with E-state index < -0.39 is 0 Å². The van der Waals surface area contributed by atoms with E-state index in [2.05, 4.69) is 28.7 Å². The minimum absolute atomic E-state index is 0.133. The SMILES string of the molecule is COc1ccccc1-c1csc(NC(=O)c2cc(C)n(C(C)C)c2C)n1. The number of thiazole rings is 1. The molecule has 6 heteroatoms. The van der Waals surface area contributed by atoms with Crippen LogP contribution in [0.2, 0.25) is 0 Å². The molecule has 136 valence electrons. The summed E-state index contributed by atoms with van der Waals surface area (Å²) in [4.78, 5) is 17.3. The summed E-state index contributed by atoms with van der Waals surface area (Å²) in [7, 11) is 1.64. The van der Waals surface area contributed by atoms with Gasteiger partial charge in [-0.2, -0.15) is 0 Å². The van der Waals surface area contributed by atoms with Gasteiger partial charge in [0.05, 0.1) is 18.4 Å². The van der Waals surface area contributed by atoms with E-state index in [0.29, 0.717) is 16.7 Å². The fourth-order valence-electron chi connectivity index (χ4n) is 3.28. The maximum Gasteiger partial charge on any atom is 0.259 e. The number of benzene rings is 1. The number of amides is 1. The van der Waals surface area contributed by atoms with Crippen LogP contribution in [-0.4, -0.2) is 22.6 Å². The van der Waals surface area contributed by atoms with Gasteiger partial charge in [0.25, 0.3) is 5.91 Å². The average molecular weight is 369 g/mol. The summed E-state index contributed by atoms with van der Waals surface area (Å²) in [5, 5.41) is 5.42.